The van der Waals surface area contributed by atoms with E-state index in [1.54, 1.807) is 6.92 Å². The first-order chi connectivity index (χ1) is 6.15. The topological polar surface area (TPSA) is 64.3 Å². The standard InChI is InChI=1S/C9H18N2O2/c1-3-9(10,7-5-11-6-7)8(12)13-4-2/h7,11H,3-6,10H2,1-2H3. The van der Waals surface area contributed by atoms with Crippen molar-refractivity contribution < 1.29 is 9.53 Å². The summed E-state index contributed by atoms with van der Waals surface area (Å²) in [7, 11) is 0. The minimum absolute atomic E-state index is 0.233. The highest BCUT2D eigenvalue weighted by atomic mass is 16.5. The van der Waals surface area contributed by atoms with E-state index in [1.807, 2.05) is 6.92 Å². The van der Waals surface area contributed by atoms with Crippen molar-refractivity contribution in [3.8, 4) is 0 Å². The number of carbonyl (C=O) groups is 1. The maximum absolute atomic E-state index is 11.6. The molecule has 1 heterocycles. The van der Waals surface area contributed by atoms with Gasteiger partial charge in [0.15, 0.2) is 0 Å². The molecule has 0 spiro atoms. The van der Waals surface area contributed by atoms with E-state index >= 15 is 0 Å². The molecule has 0 saturated carbocycles. The lowest BCUT2D eigenvalue weighted by molar-refractivity contribution is -0.153. The number of hydrogen-bond donors (Lipinski definition) is 2. The summed E-state index contributed by atoms with van der Waals surface area (Å²) in [4.78, 5) is 11.6. The van der Waals surface area contributed by atoms with Crippen molar-refractivity contribution in [2.45, 2.75) is 25.8 Å². The Bertz CT molecular complexity index is 192. The van der Waals surface area contributed by atoms with E-state index in [0.717, 1.165) is 13.1 Å². The molecule has 76 valence electrons. The average molecular weight is 186 g/mol. The lowest BCUT2D eigenvalue weighted by Crippen LogP contribution is -2.64. The van der Waals surface area contributed by atoms with Crippen molar-refractivity contribution in [2.75, 3.05) is 19.7 Å². The summed E-state index contributed by atoms with van der Waals surface area (Å²) in [6, 6.07) is 0. The molecule has 1 saturated heterocycles. The number of esters is 1. The van der Waals surface area contributed by atoms with Crippen LogP contribution in [0, 0.1) is 5.92 Å². The Morgan fingerprint density at radius 1 is 1.62 bits per heavy atom. The molecule has 1 aliphatic heterocycles. The number of nitrogens with one attached hydrogen (secondary N) is 1. The highest BCUT2D eigenvalue weighted by Crippen LogP contribution is 2.23. The number of carbonyl (C=O) groups excluding carboxylic acids is 1. The van der Waals surface area contributed by atoms with Crippen LogP contribution in [0.2, 0.25) is 0 Å². The third-order valence-corrected chi connectivity index (χ3v) is 2.75. The van der Waals surface area contributed by atoms with Crippen LogP contribution in [0.15, 0.2) is 0 Å². The predicted molar refractivity (Wildman–Crippen MR) is 50.2 cm³/mol. The fourth-order valence-electron chi connectivity index (χ4n) is 1.52. The van der Waals surface area contributed by atoms with Gasteiger partial charge < -0.3 is 15.8 Å². The SMILES string of the molecule is CCOC(=O)C(N)(CC)C1CNC1. The highest BCUT2D eigenvalue weighted by molar-refractivity contribution is 5.81. The van der Waals surface area contributed by atoms with Crippen molar-refractivity contribution in [3.63, 3.8) is 0 Å². The van der Waals surface area contributed by atoms with Crippen LogP contribution in [-0.4, -0.2) is 31.2 Å². The van der Waals surface area contributed by atoms with Gasteiger partial charge in [0, 0.05) is 19.0 Å². The summed E-state index contributed by atoms with van der Waals surface area (Å²) in [5.41, 5.74) is 5.24. The predicted octanol–water partition coefficient (Wildman–Crippen LogP) is -0.124. The van der Waals surface area contributed by atoms with Crippen molar-refractivity contribution >= 4 is 5.97 Å². The molecular weight excluding hydrogens is 168 g/mol. The molecule has 0 bridgehead atoms. The van der Waals surface area contributed by atoms with Gasteiger partial charge in [0.05, 0.1) is 6.61 Å². The number of ether oxygens (including phenoxy) is 1. The molecule has 1 rings (SSSR count). The zero-order valence-corrected chi connectivity index (χ0v) is 8.30. The Kier molecular flexibility index (Phi) is 3.27. The molecule has 1 atom stereocenters. The molecule has 1 fully saturated rings. The summed E-state index contributed by atoms with van der Waals surface area (Å²) in [5, 5.41) is 3.11. The van der Waals surface area contributed by atoms with Crippen LogP contribution in [-0.2, 0) is 9.53 Å². The van der Waals surface area contributed by atoms with Gasteiger partial charge in [-0.1, -0.05) is 6.92 Å². The lowest BCUT2D eigenvalue weighted by atomic mass is 9.79. The molecule has 13 heavy (non-hydrogen) atoms. The van der Waals surface area contributed by atoms with E-state index in [9.17, 15) is 4.79 Å². The quantitative estimate of drug-likeness (QED) is 0.601. The molecule has 1 aliphatic rings. The molecule has 4 heteroatoms. The molecule has 0 aromatic heterocycles. The average Bonchev–Trinajstić information content (AvgIpc) is 2.01. The second-order valence-electron chi connectivity index (χ2n) is 3.47. The maximum atomic E-state index is 11.6. The number of rotatable bonds is 4. The van der Waals surface area contributed by atoms with Crippen molar-refractivity contribution in [2.24, 2.45) is 11.7 Å². The van der Waals surface area contributed by atoms with Crippen molar-refractivity contribution in [1.82, 2.24) is 5.32 Å². The van der Waals surface area contributed by atoms with Gasteiger partial charge in [0.2, 0.25) is 0 Å². The van der Waals surface area contributed by atoms with Crippen LogP contribution in [0.3, 0.4) is 0 Å². The van der Waals surface area contributed by atoms with E-state index in [-0.39, 0.29) is 11.9 Å². The smallest absolute Gasteiger partial charge is 0.326 e. The zero-order valence-electron chi connectivity index (χ0n) is 8.30. The van der Waals surface area contributed by atoms with Gasteiger partial charge in [0.1, 0.15) is 5.54 Å². The Morgan fingerprint density at radius 2 is 2.23 bits per heavy atom. The van der Waals surface area contributed by atoms with Gasteiger partial charge in [-0.3, -0.25) is 4.79 Å². The molecule has 3 N–H and O–H groups in total. The first kappa shape index (κ1) is 10.5. The largest absolute Gasteiger partial charge is 0.465 e. The van der Waals surface area contributed by atoms with Gasteiger partial charge in [-0.2, -0.15) is 0 Å². The summed E-state index contributed by atoms with van der Waals surface area (Å²) < 4.78 is 4.96. The number of nitrogens with two attached hydrogens (primary N) is 1. The first-order valence-electron chi connectivity index (χ1n) is 4.82. The second kappa shape index (κ2) is 4.07. The fourth-order valence-corrected chi connectivity index (χ4v) is 1.52. The summed E-state index contributed by atoms with van der Waals surface area (Å²) in [6.45, 7) is 5.77. The third kappa shape index (κ3) is 1.84. The fraction of sp³-hybridized carbons (Fsp3) is 0.889. The van der Waals surface area contributed by atoms with Crippen LogP contribution in [0.5, 0.6) is 0 Å². The van der Waals surface area contributed by atoms with E-state index in [2.05, 4.69) is 5.32 Å². The molecule has 0 aliphatic carbocycles. The highest BCUT2D eigenvalue weighted by Gasteiger charge is 2.44. The van der Waals surface area contributed by atoms with Gasteiger partial charge in [-0.05, 0) is 13.3 Å². The summed E-state index contributed by atoms with van der Waals surface area (Å²) >= 11 is 0. The normalized spacial score (nSPS) is 21.8. The monoisotopic (exact) mass is 186 g/mol. The maximum Gasteiger partial charge on any atom is 0.326 e. The summed E-state index contributed by atoms with van der Waals surface area (Å²) in [6.07, 6.45) is 0.637. The minimum Gasteiger partial charge on any atom is -0.465 e. The second-order valence-corrected chi connectivity index (χ2v) is 3.47. The van der Waals surface area contributed by atoms with Crippen molar-refractivity contribution in [1.29, 1.82) is 0 Å². The minimum atomic E-state index is -0.777. The van der Waals surface area contributed by atoms with Gasteiger partial charge >= 0.3 is 5.97 Å². The van der Waals surface area contributed by atoms with E-state index in [0.29, 0.717) is 13.0 Å². The Hall–Kier alpha value is -0.610. The molecule has 0 aromatic rings. The van der Waals surface area contributed by atoms with E-state index < -0.39 is 5.54 Å². The van der Waals surface area contributed by atoms with Crippen LogP contribution in [0.25, 0.3) is 0 Å². The molecule has 0 radical (unpaired) electrons. The Morgan fingerprint density at radius 3 is 2.54 bits per heavy atom. The molecule has 4 nitrogen and oxygen atoms in total. The van der Waals surface area contributed by atoms with Gasteiger partial charge in [-0.15, -0.1) is 0 Å². The van der Waals surface area contributed by atoms with Gasteiger partial charge in [0.25, 0.3) is 0 Å². The molecule has 0 aromatic carbocycles. The molecule has 0 amide bonds. The van der Waals surface area contributed by atoms with Gasteiger partial charge in [-0.25, -0.2) is 0 Å². The third-order valence-electron chi connectivity index (χ3n) is 2.75. The van der Waals surface area contributed by atoms with Crippen LogP contribution in [0.4, 0.5) is 0 Å². The Balaban J connectivity index is 2.61. The molecule has 1 unspecified atom stereocenters. The summed E-state index contributed by atoms with van der Waals surface area (Å²) in [5.74, 6) is -0.0273. The van der Waals surface area contributed by atoms with Crippen LogP contribution in [0.1, 0.15) is 20.3 Å². The van der Waals surface area contributed by atoms with Crippen LogP contribution < -0.4 is 11.1 Å². The Labute approximate surface area is 78.8 Å². The first-order valence-corrected chi connectivity index (χ1v) is 4.82. The molecular formula is C9H18N2O2. The van der Waals surface area contributed by atoms with Crippen LogP contribution >= 0.6 is 0 Å². The van der Waals surface area contributed by atoms with E-state index in [4.69, 9.17) is 10.5 Å². The zero-order chi connectivity index (χ0) is 9.90. The van der Waals surface area contributed by atoms with Crippen molar-refractivity contribution in [3.05, 3.63) is 0 Å². The number of hydrogen-bond acceptors (Lipinski definition) is 4. The van der Waals surface area contributed by atoms with E-state index in [1.165, 1.54) is 0 Å². The lowest BCUT2D eigenvalue weighted by Gasteiger charge is -2.40.